The maximum Gasteiger partial charge on any atom is 0.327 e. The number of carbonyl (C=O) groups excluding carboxylic acids is 2. The van der Waals surface area contributed by atoms with Crippen LogP contribution in [0.5, 0.6) is 0 Å². The summed E-state index contributed by atoms with van der Waals surface area (Å²) in [5, 5.41) is 11.3. The van der Waals surface area contributed by atoms with Crippen LogP contribution in [0.2, 0.25) is 0 Å². The molecule has 2 heterocycles. The molecule has 9 heteroatoms. The van der Waals surface area contributed by atoms with Crippen LogP contribution in [0.25, 0.3) is 10.9 Å². The SMILES string of the molecule is CC(=O)NC(CNC(C(=O)OC(C)C)C1CC(Cl)=NO1)Cc1c[nH]c2ccccc12. The molecule has 0 saturated carbocycles. The Kier molecular flexibility index (Phi) is 7.33. The monoisotopic (exact) mass is 434 g/mol. The van der Waals surface area contributed by atoms with Crippen molar-refractivity contribution in [1.29, 1.82) is 0 Å². The van der Waals surface area contributed by atoms with Crippen LogP contribution in [0, 0.1) is 0 Å². The van der Waals surface area contributed by atoms with E-state index in [1.165, 1.54) is 6.92 Å². The lowest BCUT2D eigenvalue weighted by Crippen LogP contribution is -2.52. The summed E-state index contributed by atoms with van der Waals surface area (Å²) in [6, 6.07) is 6.98. The lowest BCUT2D eigenvalue weighted by Gasteiger charge is -2.25. The number of halogens is 1. The largest absolute Gasteiger partial charge is 0.462 e. The Morgan fingerprint density at radius 3 is 2.80 bits per heavy atom. The number of amides is 1. The van der Waals surface area contributed by atoms with E-state index in [9.17, 15) is 9.59 Å². The lowest BCUT2D eigenvalue weighted by atomic mass is 10.0. The quantitative estimate of drug-likeness (QED) is 0.526. The van der Waals surface area contributed by atoms with Crippen molar-refractivity contribution >= 4 is 39.6 Å². The minimum atomic E-state index is -0.758. The van der Waals surface area contributed by atoms with E-state index in [-0.39, 0.29) is 18.1 Å². The number of carbonyl (C=O) groups is 2. The summed E-state index contributed by atoms with van der Waals surface area (Å²) in [6.45, 7) is 5.38. The summed E-state index contributed by atoms with van der Waals surface area (Å²) in [7, 11) is 0. The molecule has 0 bridgehead atoms. The van der Waals surface area contributed by atoms with Crippen molar-refractivity contribution in [1.82, 2.24) is 15.6 Å². The fourth-order valence-electron chi connectivity index (χ4n) is 3.51. The Bertz CT molecular complexity index is 927. The van der Waals surface area contributed by atoms with Crippen LogP contribution in [-0.4, -0.2) is 52.9 Å². The molecular formula is C21H27ClN4O4. The van der Waals surface area contributed by atoms with Gasteiger partial charge in [-0.25, -0.2) is 0 Å². The third kappa shape index (κ3) is 5.73. The van der Waals surface area contributed by atoms with Crippen LogP contribution < -0.4 is 10.6 Å². The normalized spacial score (nSPS) is 18.0. The number of H-pyrrole nitrogens is 1. The molecule has 3 unspecified atom stereocenters. The van der Waals surface area contributed by atoms with E-state index in [2.05, 4.69) is 20.8 Å². The maximum atomic E-state index is 12.6. The van der Waals surface area contributed by atoms with Crippen molar-refractivity contribution in [2.45, 2.75) is 57.9 Å². The van der Waals surface area contributed by atoms with E-state index in [0.29, 0.717) is 24.6 Å². The van der Waals surface area contributed by atoms with Crippen LogP contribution in [0.3, 0.4) is 0 Å². The number of hydrogen-bond acceptors (Lipinski definition) is 6. The Labute approximate surface area is 180 Å². The van der Waals surface area contributed by atoms with Gasteiger partial charge in [0.1, 0.15) is 11.2 Å². The predicted molar refractivity (Wildman–Crippen MR) is 115 cm³/mol. The minimum Gasteiger partial charge on any atom is -0.462 e. The molecular weight excluding hydrogens is 408 g/mol. The number of aromatic nitrogens is 1. The number of nitrogens with one attached hydrogen (secondary N) is 3. The standard InChI is InChI=1S/C21H27ClN4O4/c1-12(2)29-21(28)20(18-9-19(22)26-30-18)24-11-15(25-13(3)27)8-14-10-23-17-7-5-4-6-16(14)17/h4-7,10,12,15,18,20,23-24H,8-9,11H2,1-3H3,(H,25,27). The number of aromatic amines is 1. The van der Waals surface area contributed by atoms with Gasteiger partial charge in [0, 0.05) is 43.0 Å². The summed E-state index contributed by atoms with van der Waals surface area (Å²) < 4.78 is 5.37. The van der Waals surface area contributed by atoms with E-state index in [4.69, 9.17) is 21.2 Å². The number of esters is 1. The molecule has 0 saturated heterocycles. The number of benzene rings is 1. The molecule has 1 amide bonds. The predicted octanol–water partition coefficient (Wildman–Crippen LogP) is 2.47. The van der Waals surface area contributed by atoms with E-state index >= 15 is 0 Å². The minimum absolute atomic E-state index is 0.147. The number of ether oxygens (including phenoxy) is 1. The summed E-state index contributed by atoms with van der Waals surface area (Å²) in [5.74, 6) is -0.586. The highest BCUT2D eigenvalue weighted by Crippen LogP contribution is 2.20. The van der Waals surface area contributed by atoms with Gasteiger partial charge in [-0.3, -0.25) is 14.9 Å². The first-order valence-electron chi connectivity index (χ1n) is 9.97. The second kappa shape index (κ2) is 9.95. The van der Waals surface area contributed by atoms with Gasteiger partial charge in [0.25, 0.3) is 0 Å². The Hall–Kier alpha value is -2.58. The van der Waals surface area contributed by atoms with Crippen molar-refractivity contribution in [3.05, 3.63) is 36.0 Å². The van der Waals surface area contributed by atoms with Gasteiger partial charge in [0.2, 0.25) is 5.91 Å². The van der Waals surface area contributed by atoms with Crippen LogP contribution in [0.1, 0.15) is 32.8 Å². The molecule has 0 aliphatic carbocycles. The summed E-state index contributed by atoms with van der Waals surface area (Å²) in [6.07, 6.45) is 2.02. The zero-order valence-corrected chi connectivity index (χ0v) is 18.0. The number of fused-ring (bicyclic) bond motifs is 1. The first-order valence-corrected chi connectivity index (χ1v) is 10.4. The Morgan fingerprint density at radius 2 is 2.13 bits per heavy atom. The first kappa shape index (κ1) is 22.1. The molecule has 1 aliphatic heterocycles. The van der Waals surface area contributed by atoms with E-state index < -0.39 is 18.1 Å². The molecule has 0 radical (unpaired) electrons. The van der Waals surface area contributed by atoms with Crippen LogP contribution in [0.15, 0.2) is 35.6 Å². The van der Waals surface area contributed by atoms with Gasteiger partial charge in [0.15, 0.2) is 6.10 Å². The molecule has 8 nitrogen and oxygen atoms in total. The number of nitrogens with zero attached hydrogens (tertiary/aromatic N) is 1. The summed E-state index contributed by atoms with van der Waals surface area (Å²) in [5.41, 5.74) is 2.11. The van der Waals surface area contributed by atoms with Crippen molar-refractivity contribution in [3.8, 4) is 0 Å². The molecule has 3 atom stereocenters. The van der Waals surface area contributed by atoms with Crippen molar-refractivity contribution in [2.75, 3.05) is 6.54 Å². The topological polar surface area (TPSA) is 105 Å². The van der Waals surface area contributed by atoms with Gasteiger partial charge >= 0.3 is 5.97 Å². The average Bonchev–Trinajstić information content (AvgIpc) is 3.27. The van der Waals surface area contributed by atoms with Crippen LogP contribution in [0.4, 0.5) is 0 Å². The van der Waals surface area contributed by atoms with Gasteiger partial charge in [0.05, 0.1) is 6.10 Å². The zero-order valence-electron chi connectivity index (χ0n) is 17.3. The molecule has 1 aliphatic rings. The maximum absolute atomic E-state index is 12.6. The van der Waals surface area contributed by atoms with Crippen molar-refractivity contribution in [2.24, 2.45) is 5.16 Å². The smallest absolute Gasteiger partial charge is 0.327 e. The molecule has 3 N–H and O–H groups in total. The van der Waals surface area contributed by atoms with Crippen molar-refractivity contribution < 1.29 is 19.2 Å². The summed E-state index contributed by atoms with van der Waals surface area (Å²) >= 11 is 5.93. The van der Waals surface area contributed by atoms with E-state index in [0.717, 1.165) is 16.5 Å². The first-order chi connectivity index (χ1) is 14.3. The number of para-hydroxylation sites is 1. The molecule has 1 aromatic heterocycles. The third-order valence-electron chi connectivity index (χ3n) is 4.77. The van der Waals surface area contributed by atoms with Crippen LogP contribution >= 0.6 is 11.6 Å². The fourth-order valence-corrected chi connectivity index (χ4v) is 3.71. The fraction of sp³-hybridized carbons (Fsp3) is 0.476. The van der Waals surface area contributed by atoms with Gasteiger partial charge in [-0.1, -0.05) is 35.0 Å². The van der Waals surface area contributed by atoms with Crippen molar-refractivity contribution in [3.63, 3.8) is 0 Å². The molecule has 0 spiro atoms. The molecule has 2 aromatic rings. The van der Waals surface area contributed by atoms with Gasteiger partial charge < -0.3 is 19.9 Å². The van der Waals surface area contributed by atoms with Gasteiger partial charge in [-0.2, -0.15) is 0 Å². The highest BCUT2D eigenvalue weighted by molar-refractivity contribution is 6.65. The zero-order chi connectivity index (χ0) is 21.7. The van der Waals surface area contributed by atoms with E-state index in [1.807, 2.05) is 30.5 Å². The highest BCUT2D eigenvalue weighted by atomic mass is 35.5. The molecule has 0 fully saturated rings. The molecule has 162 valence electrons. The Balaban J connectivity index is 1.71. The van der Waals surface area contributed by atoms with Crippen LogP contribution in [-0.2, 0) is 25.6 Å². The summed E-state index contributed by atoms with van der Waals surface area (Å²) in [4.78, 5) is 32.9. The molecule has 30 heavy (non-hydrogen) atoms. The highest BCUT2D eigenvalue weighted by Gasteiger charge is 2.36. The van der Waals surface area contributed by atoms with Gasteiger partial charge in [-0.15, -0.1) is 0 Å². The second-order valence-corrected chi connectivity index (χ2v) is 8.08. The number of hydrogen-bond donors (Lipinski definition) is 3. The lowest BCUT2D eigenvalue weighted by molar-refractivity contribution is -0.153. The number of rotatable bonds is 9. The number of oxime groups is 1. The average molecular weight is 435 g/mol. The second-order valence-electron chi connectivity index (χ2n) is 7.65. The molecule has 1 aromatic carbocycles. The Morgan fingerprint density at radius 1 is 1.37 bits per heavy atom. The third-order valence-corrected chi connectivity index (χ3v) is 4.99. The van der Waals surface area contributed by atoms with E-state index in [1.54, 1.807) is 13.8 Å². The van der Waals surface area contributed by atoms with Gasteiger partial charge in [-0.05, 0) is 31.9 Å². The molecule has 3 rings (SSSR count).